The predicted molar refractivity (Wildman–Crippen MR) is 135 cm³/mol. The summed E-state index contributed by atoms with van der Waals surface area (Å²) in [5, 5.41) is 1.50. The van der Waals surface area contributed by atoms with Crippen molar-refractivity contribution in [2.45, 2.75) is 13.2 Å². The third kappa shape index (κ3) is 5.51. The van der Waals surface area contributed by atoms with Gasteiger partial charge in [0, 0.05) is 31.2 Å². The van der Waals surface area contributed by atoms with E-state index in [1.807, 2.05) is 0 Å². The molecule has 33 heavy (non-hydrogen) atoms. The summed E-state index contributed by atoms with van der Waals surface area (Å²) in [6.45, 7) is 0.235. The molecule has 4 nitrogen and oxygen atoms in total. The summed E-state index contributed by atoms with van der Waals surface area (Å²) in [4.78, 5) is 26.7. The molecule has 1 fully saturated rings. The first-order chi connectivity index (χ1) is 15.8. The second kappa shape index (κ2) is 10.4. The number of carbonyl (C=O) groups is 2. The fraction of sp³-hybridized carbons (Fsp3) is 0.0833. The standard InChI is InChI=1S/C24H15Cl4NO3S/c25-18-3-1-4-19(26)16(18)12-29-23(30)22(33-24(29)31)11-14-7-9-15(10-8-14)32-13-17-20(27)5-2-6-21(17)28/h1-11H,12-13H2/b22-11-. The fourth-order valence-corrected chi connectivity index (χ4v) is 4.98. The highest BCUT2D eigenvalue weighted by Gasteiger charge is 2.35. The van der Waals surface area contributed by atoms with E-state index in [4.69, 9.17) is 51.1 Å². The highest BCUT2D eigenvalue weighted by Crippen LogP contribution is 2.36. The Balaban J connectivity index is 1.44. The summed E-state index contributed by atoms with van der Waals surface area (Å²) in [6, 6.07) is 17.4. The molecule has 0 radical (unpaired) electrons. The molecule has 2 amide bonds. The van der Waals surface area contributed by atoms with Crippen LogP contribution < -0.4 is 4.74 Å². The second-order valence-electron chi connectivity index (χ2n) is 7.03. The number of rotatable bonds is 6. The number of thioether (sulfide) groups is 1. The molecule has 3 aromatic rings. The largest absolute Gasteiger partial charge is 0.489 e. The Labute approximate surface area is 215 Å². The minimum Gasteiger partial charge on any atom is -0.489 e. The van der Waals surface area contributed by atoms with Crippen molar-refractivity contribution in [3.05, 3.63) is 102 Å². The first-order valence-electron chi connectivity index (χ1n) is 9.67. The average Bonchev–Trinajstić information content (AvgIpc) is 3.04. The Hall–Kier alpha value is -2.15. The number of benzene rings is 3. The van der Waals surface area contributed by atoms with Crippen molar-refractivity contribution >= 4 is 75.4 Å². The van der Waals surface area contributed by atoms with Crippen molar-refractivity contribution in [2.24, 2.45) is 0 Å². The van der Waals surface area contributed by atoms with E-state index in [9.17, 15) is 9.59 Å². The van der Waals surface area contributed by atoms with Crippen LogP contribution in [0, 0.1) is 0 Å². The molecule has 168 valence electrons. The minimum atomic E-state index is -0.394. The lowest BCUT2D eigenvalue weighted by Gasteiger charge is -2.14. The fourth-order valence-electron chi connectivity index (χ4n) is 3.12. The van der Waals surface area contributed by atoms with Crippen LogP contribution in [0.3, 0.4) is 0 Å². The molecular weight excluding hydrogens is 524 g/mol. The molecule has 0 unspecified atom stereocenters. The summed E-state index contributed by atoms with van der Waals surface area (Å²) < 4.78 is 5.77. The van der Waals surface area contributed by atoms with Crippen molar-refractivity contribution in [3.63, 3.8) is 0 Å². The summed E-state index contributed by atoms with van der Waals surface area (Å²) in [6.07, 6.45) is 1.66. The number of carbonyl (C=O) groups excluding carboxylic acids is 2. The van der Waals surface area contributed by atoms with E-state index in [1.165, 1.54) is 0 Å². The second-order valence-corrected chi connectivity index (χ2v) is 9.65. The smallest absolute Gasteiger partial charge is 0.293 e. The quantitative estimate of drug-likeness (QED) is 0.297. The van der Waals surface area contributed by atoms with Crippen molar-refractivity contribution in [2.75, 3.05) is 0 Å². The van der Waals surface area contributed by atoms with E-state index in [-0.39, 0.29) is 18.4 Å². The molecule has 0 aromatic heterocycles. The van der Waals surface area contributed by atoms with Crippen LogP contribution in [-0.4, -0.2) is 16.0 Å². The predicted octanol–water partition coefficient (Wildman–Crippen LogP) is 8.12. The average molecular weight is 539 g/mol. The van der Waals surface area contributed by atoms with Gasteiger partial charge in [0.15, 0.2) is 0 Å². The Morgan fingerprint density at radius 1 is 0.788 bits per heavy atom. The number of halogens is 4. The van der Waals surface area contributed by atoms with E-state index in [2.05, 4.69) is 0 Å². The molecule has 0 N–H and O–H groups in total. The Morgan fingerprint density at radius 3 is 1.91 bits per heavy atom. The van der Waals surface area contributed by atoms with Gasteiger partial charge in [0.25, 0.3) is 11.1 Å². The van der Waals surface area contributed by atoms with Crippen LogP contribution in [0.2, 0.25) is 20.1 Å². The monoisotopic (exact) mass is 537 g/mol. The van der Waals surface area contributed by atoms with Gasteiger partial charge in [-0.25, -0.2) is 0 Å². The molecule has 1 aliphatic heterocycles. The van der Waals surface area contributed by atoms with Gasteiger partial charge in [0.2, 0.25) is 0 Å². The van der Waals surface area contributed by atoms with Crippen LogP contribution in [0.25, 0.3) is 6.08 Å². The molecule has 0 aliphatic carbocycles. The molecule has 0 spiro atoms. The number of hydrogen-bond acceptors (Lipinski definition) is 4. The zero-order chi connectivity index (χ0) is 23.5. The highest BCUT2D eigenvalue weighted by molar-refractivity contribution is 8.18. The maximum absolute atomic E-state index is 12.8. The number of amides is 2. The molecule has 1 heterocycles. The van der Waals surface area contributed by atoms with E-state index in [0.29, 0.717) is 41.9 Å². The van der Waals surface area contributed by atoms with Gasteiger partial charge in [-0.1, -0.05) is 70.7 Å². The van der Waals surface area contributed by atoms with Gasteiger partial charge in [-0.2, -0.15) is 0 Å². The van der Waals surface area contributed by atoms with Crippen molar-refractivity contribution in [1.82, 2.24) is 4.90 Å². The Morgan fingerprint density at radius 2 is 1.33 bits per heavy atom. The molecule has 3 aromatic carbocycles. The zero-order valence-corrected chi connectivity index (χ0v) is 20.7. The van der Waals surface area contributed by atoms with Crippen LogP contribution in [-0.2, 0) is 17.9 Å². The van der Waals surface area contributed by atoms with Gasteiger partial charge in [-0.3, -0.25) is 14.5 Å². The van der Waals surface area contributed by atoms with E-state index in [0.717, 1.165) is 22.2 Å². The van der Waals surface area contributed by atoms with Gasteiger partial charge in [-0.15, -0.1) is 0 Å². The molecule has 0 bridgehead atoms. The number of hydrogen-bond donors (Lipinski definition) is 0. The van der Waals surface area contributed by atoms with Crippen molar-refractivity contribution < 1.29 is 14.3 Å². The maximum atomic E-state index is 12.8. The van der Waals surface area contributed by atoms with Crippen LogP contribution in [0.15, 0.2) is 65.6 Å². The molecule has 1 aliphatic rings. The van der Waals surface area contributed by atoms with Crippen LogP contribution in [0.4, 0.5) is 4.79 Å². The van der Waals surface area contributed by atoms with Gasteiger partial charge in [-0.05, 0) is 59.8 Å². The van der Waals surface area contributed by atoms with Crippen molar-refractivity contribution in [1.29, 1.82) is 0 Å². The first kappa shape index (κ1) is 24.0. The molecular formula is C24H15Cl4NO3S. The summed E-state index contributed by atoms with van der Waals surface area (Å²) in [5.74, 6) is 0.222. The Kier molecular flexibility index (Phi) is 7.57. The first-order valence-corrected chi connectivity index (χ1v) is 12.0. The lowest BCUT2D eigenvalue weighted by Crippen LogP contribution is -2.27. The van der Waals surface area contributed by atoms with E-state index < -0.39 is 5.91 Å². The third-order valence-corrected chi connectivity index (χ3v) is 7.20. The summed E-state index contributed by atoms with van der Waals surface area (Å²) in [7, 11) is 0. The van der Waals surface area contributed by atoms with E-state index >= 15 is 0 Å². The lowest BCUT2D eigenvalue weighted by molar-refractivity contribution is -0.123. The van der Waals surface area contributed by atoms with Gasteiger partial charge >= 0.3 is 0 Å². The van der Waals surface area contributed by atoms with Crippen LogP contribution in [0.5, 0.6) is 5.75 Å². The van der Waals surface area contributed by atoms with Crippen molar-refractivity contribution in [3.8, 4) is 5.75 Å². The molecule has 1 saturated heterocycles. The number of ether oxygens (including phenoxy) is 1. The SMILES string of the molecule is O=C1S/C(=C\c2ccc(OCc3c(Cl)cccc3Cl)cc2)C(=O)N1Cc1c(Cl)cccc1Cl. The molecule has 0 saturated carbocycles. The van der Waals surface area contributed by atoms with Gasteiger partial charge in [0.05, 0.1) is 11.4 Å². The maximum Gasteiger partial charge on any atom is 0.293 e. The van der Waals surface area contributed by atoms with Crippen LogP contribution >= 0.6 is 58.2 Å². The molecule has 4 rings (SSSR count). The van der Waals surface area contributed by atoms with Gasteiger partial charge < -0.3 is 4.74 Å². The Bertz CT molecular complexity index is 1220. The highest BCUT2D eigenvalue weighted by atomic mass is 35.5. The molecule has 0 atom stereocenters. The topological polar surface area (TPSA) is 46.6 Å². The third-order valence-electron chi connectivity index (χ3n) is 4.87. The number of imide groups is 1. The normalized spacial score (nSPS) is 14.9. The molecule has 9 heteroatoms. The minimum absolute atomic E-state index is 0.0118. The lowest BCUT2D eigenvalue weighted by atomic mass is 10.2. The summed E-state index contributed by atoms with van der Waals surface area (Å²) in [5.41, 5.74) is 1.99. The zero-order valence-electron chi connectivity index (χ0n) is 16.9. The van der Waals surface area contributed by atoms with Gasteiger partial charge in [0.1, 0.15) is 12.4 Å². The summed E-state index contributed by atoms with van der Waals surface area (Å²) >= 11 is 25.6. The van der Waals surface area contributed by atoms with E-state index in [1.54, 1.807) is 66.7 Å². The number of nitrogens with zero attached hydrogens (tertiary/aromatic N) is 1. The van der Waals surface area contributed by atoms with Crippen LogP contribution in [0.1, 0.15) is 16.7 Å².